The van der Waals surface area contributed by atoms with Crippen molar-refractivity contribution < 1.29 is 38.4 Å². The molecule has 2 rings (SSSR count). The number of hydrogen-bond donors (Lipinski definition) is 1. The summed E-state index contributed by atoms with van der Waals surface area (Å²) >= 11 is 0. The molecule has 2 aromatic rings. The molecule has 0 fully saturated rings. The van der Waals surface area contributed by atoms with Gasteiger partial charge in [0.15, 0.2) is 5.78 Å². The molecule has 8 heteroatoms. The second-order valence-electron chi connectivity index (χ2n) is 8.52. The Kier molecular flexibility index (Phi) is 14.4. The molecule has 2 aromatic carbocycles. The summed E-state index contributed by atoms with van der Waals surface area (Å²) in [6.07, 6.45) is 8.39. The summed E-state index contributed by atoms with van der Waals surface area (Å²) in [5.74, 6) is 0.268. The molecular formula is C31H36O8. The van der Waals surface area contributed by atoms with Gasteiger partial charge in [-0.3, -0.25) is 4.79 Å². The van der Waals surface area contributed by atoms with E-state index in [0.29, 0.717) is 43.3 Å². The van der Waals surface area contributed by atoms with Crippen molar-refractivity contribution >= 4 is 23.8 Å². The zero-order chi connectivity index (χ0) is 28.3. The molecule has 0 radical (unpaired) electrons. The normalized spacial score (nSPS) is 10.6. The minimum Gasteiger partial charge on any atom is -0.494 e. The maximum absolute atomic E-state index is 12.5. The fraction of sp³-hybridized carbons (Fsp3) is 0.323. The molecule has 0 bridgehead atoms. The number of unbranched alkanes of at least 4 members (excludes halogenated alkanes) is 3. The monoisotopic (exact) mass is 536 g/mol. The smallest absolute Gasteiger partial charge is 0.335 e. The number of carbonyl (C=O) groups is 3. The van der Waals surface area contributed by atoms with Gasteiger partial charge in [-0.15, -0.1) is 0 Å². The van der Waals surface area contributed by atoms with Crippen LogP contribution < -0.4 is 9.47 Å². The van der Waals surface area contributed by atoms with E-state index >= 15 is 0 Å². The summed E-state index contributed by atoms with van der Waals surface area (Å²) in [7, 11) is 0. The summed E-state index contributed by atoms with van der Waals surface area (Å²) in [5, 5.41) is 8.81. The second kappa shape index (κ2) is 18.1. The van der Waals surface area contributed by atoms with E-state index in [1.165, 1.54) is 6.08 Å². The van der Waals surface area contributed by atoms with E-state index in [2.05, 4.69) is 13.2 Å². The highest BCUT2D eigenvalue weighted by Gasteiger charge is 2.06. The van der Waals surface area contributed by atoms with Gasteiger partial charge in [-0.05, 0) is 73.7 Å². The molecule has 0 heterocycles. The van der Waals surface area contributed by atoms with Gasteiger partial charge in [0.2, 0.25) is 0 Å². The molecule has 0 spiro atoms. The minimum absolute atomic E-state index is 0.0588. The van der Waals surface area contributed by atoms with Gasteiger partial charge in [0.1, 0.15) is 11.5 Å². The van der Waals surface area contributed by atoms with Gasteiger partial charge in [-0.25, -0.2) is 9.59 Å². The number of ether oxygens (including phenoxy) is 4. The van der Waals surface area contributed by atoms with Gasteiger partial charge in [0, 0.05) is 18.1 Å². The zero-order valence-corrected chi connectivity index (χ0v) is 22.1. The fourth-order valence-corrected chi connectivity index (χ4v) is 3.22. The Morgan fingerprint density at radius 2 is 1.31 bits per heavy atom. The predicted octanol–water partition coefficient (Wildman–Crippen LogP) is 5.11. The van der Waals surface area contributed by atoms with Crippen LogP contribution in [0, 0.1) is 0 Å². The van der Waals surface area contributed by atoms with Crippen LogP contribution in [-0.4, -0.2) is 55.9 Å². The lowest BCUT2D eigenvalue weighted by atomic mass is 10.1. The average Bonchev–Trinajstić information content (AvgIpc) is 2.97. The molecule has 1 N–H and O–H groups in total. The molecule has 0 unspecified atom stereocenters. The molecule has 8 nitrogen and oxygen atoms in total. The summed E-state index contributed by atoms with van der Waals surface area (Å²) in [5.41, 5.74) is 1.49. The Morgan fingerprint density at radius 1 is 0.744 bits per heavy atom. The van der Waals surface area contributed by atoms with Crippen LogP contribution in [0.15, 0.2) is 79.4 Å². The number of aliphatic hydroxyl groups is 1. The number of benzene rings is 2. The standard InChI is InChI=1S/C31H36O8/c1-3-30(34)38-22-8-21-37-27-14-9-25(10-15-27)11-18-29(33)26-12-16-28(17-13-26)36-19-6-4-5-7-20-39-31(35)24(2)23-32/h3,9-18,32H,1-2,4-8,19-23H2/b18-11+. The number of rotatable bonds is 19. The third-order valence-electron chi connectivity index (χ3n) is 5.43. The van der Waals surface area contributed by atoms with E-state index in [1.54, 1.807) is 30.3 Å². The van der Waals surface area contributed by atoms with Gasteiger partial charge >= 0.3 is 11.9 Å². The largest absolute Gasteiger partial charge is 0.494 e. The van der Waals surface area contributed by atoms with Crippen LogP contribution in [-0.2, 0) is 19.1 Å². The van der Waals surface area contributed by atoms with E-state index in [1.807, 2.05) is 24.3 Å². The number of aliphatic hydroxyl groups excluding tert-OH is 1. The number of esters is 2. The molecule has 39 heavy (non-hydrogen) atoms. The molecule has 0 saturated carbocycles. The second-order valence-corrected chi connectivity index (χ2v) is 8.52. The highest BCUT2D eigenvalue weighted by molar-refractivity contribution is 6.06. The van der Waals surface area contributed by atoms with Crippen molar-refractivity contribution in [2.75, 3.05) is 33.0 Å². The lowest BCUT2D eigenvalue weighted by molar-refractivity contribution is -0.140. The van der Waals surface area contributed by atoms with Crippen LogP contribution in [0.4, 0.5) is 0 Å². The quantitative estimate of drug-likeness (QED) is 0.114. The van der Waals surface area contributed by atoms with Gasteiger partial charge in [0.25, 0.3) is 0 Å². The highest BCUT2D eigenvalue weighted by Crippen LogP contribution is 2.16. The zero-order valence-electron chi connectivity index (χ0n) is 22.1. The first-order valence-corrected chi connectivity index (χ1v) is 12.9. The van der Waals surface area contributed by atoms with Crippen LogP contribution in [0.5, 0.6) is 11.5 Å². The third kappa shape index (κ3) is 12.8. The van der Waals surface area contributed by atoms with E-state index in [4.69, 9.17) is 24.1 Å². The van der Waals surface area contributed by atoms with Crippen molar-refractivity contribution in [2.45, 2.75) is 32.1 Å². The maximum atomic E-state index is 12.5. The van der Waals surface area contributed by atoms with Crippen LogP contribution in [0.3, 0.4) is 0 Å². The molecule has 0 saturated heterocycles. The fourth-order valence-electron chi connectivity index (χ4n) is 3.22. The first-order valence-electron chi connectivity index (χ1n) is 12.9. The molecule has 0 aliphatic rings. The average molecular weight is 537 g/mol. The van der Waals surface area contributed by atoms with Crippen LogP contribution in [0.2, 0.25) is 0 Å². The van der Waals surface area contributed by atoms with Crippen LogP contribution in [0.1, 0.15) is 48.0 Å². The van der Waals surface area contributed by atoms with Crippen molar-refractivity contribution in [1.82, 2.24) is 0 Å². The Labute approximate surface area is 229 Å². The molecule has 208 valence electrons. The van der Waals surface area contributed by atoms with Gasteiger partial charge < -0.3 is 24.1 Å². The lowest BCUT2D eigenvalue weighted by Crippen LogP contribution is -2.10. The first-order chi connectivity index (χ1) is 18.9. The summed E-state index contributed by atoms with van der Waals surface area (Å²) in [6.45, 7) is 7.91. The first kappa shape index (κ1) is 31.1. The topological polar surface area (TPSA) is 108 Å². The van der Waals surface area contributed by atoms with E-state index in [9.17, 15) is 14.4 Å². The summed E-state index contributed by atoms with van der Waals surface area (Å²) in [4.78, 5) is 34.9. The van der Waals surface area contributed by atoms with Crippen molar-refractivity contribution in [3.05, 3.63) is 90.5 Å². The van der Waals surface area contributed by atoms with E-state index in [0.717, 1.165) is 37.3 Å². The number of hydrogen-bond acceptors (Lipinski definition) is 8. The van der Waals surface area contributed by atoms with Gasteiger partial charge in [-0.2, -0.15) is 0 Å². The third-order valence-corrected chi connectivity index (χ3v) is 5.43. The Balaban J connectivity index is 1.63. The molecule has 0 atom stereocenters. The Bertz CT molecular complexity index is 1100. The van der Waals surface area contributed by atoms with E-state index in [-0.39, 0.29) is 18.0 Å². The van der Waals surface area contributed by atoms with Crippen molar-refractivity contribution in [3.8, 4) is 11.5 Å². The SMILES string of the molecule is C=CC(=O)OCCCOc1ccc(/C=C/C(=O)c2ccc(OCCCCCCOC(=O)C(=C)CO)cc2)cc1. The predicted molar refractivity (Wildman–Crippen MR) is 149 cm³/mol. The number of ketones is 1. The van der Waals surface area contributed by atoms with Crippen molar-refractivity contribution in [2.24, 2.45) is 0 Å². The van der Waals surface area contributed by atoms with Crippen LogP contribution in [0.25, 0.3) is 6.08 Å². The lowest BCUT2D eigenvalue weighted by Gasteiger charge is -2.07. The van der Waals surface area contributed by atoms with Crippen molar-refractivity contribution in [3.63, 3.8) is 0 Å². The Hall–Kier alpha value is -4.17. The number of carbonyl (C=O) groups excluding carboxylic acids is 3. The van der Waals surface area contributed by atoms with Crippen molar-refractivity contribution in [1.29, 1.82) is 0 Å². The highest BCUT2D eigenvalue weighted by atomic mass is 16.5. The molecule has 0 aliphatic carbocycles. The molecular weight excluding hydrogens is 500 g/mol. The number of allylic oxidation sites excluding steroid dienone is 1. The van der Waals surface area contributed by atoms with E-state index < -0.39 is 18.5 Å². The van der Waals surface area contributed by atoms with Gasteiger partial charge in [-0.1, -0.05) is 31.4 Å². The molecule has 0 aliphatic heterocycles. The summed E-state index contributed by atoms with van der Waals surface area (Å²) < 4.78 is 21.2. The molecule has 0 amide bonds. The summed E-state index contributed by atoms with van der Waals surface area (Å²) in [6, 6.07) is 14.4. The van der Waals surface area contributed by atoms with Crippen LogP contribution >= 0.6 is 0 Å². The minimum atomic E-state index is -0.558. The maximum Gasteiger partial charge on any atom is 0.335 e. The molecule has 0 aromatic heterocycles. The van der Waals surface area contributed by atoms with Gasteiger partial charge in [0.05, 0.1) is 38.6 Å². The Morgan fingerprint density at radius 3 is 1.92 bits per heavy atom.